The van der Waals surface area contributed by atoms with Gasteiger partial charge in [-0.3, -0.25) is 0 Å². The molecule has 0 aliphatic carbocycles. The fourth-order valence-electron chi connectivity index (χ4n) is 4.51. The minimum absolute atomic E-state index is 0.502. The second-order valence-electron chi connectivity index (χ2n) is 10.5. The van der Waals surface area contributed by atoms with Crippen molar-refractivity contribution in [1.82, 2.24) is 9.55 Å². The molecule has 5 heteroatoms. The monoisotopic (exact) mass is 528 g/mol. The Morgan fingerprint density at radius 2 is 1.33 bits per heavy atom. The van der Waals surface area contributed by atoms with Crippen LogP contribution in [0.5, 0.6) is 23.0 Å². The summed E-state index contributed by atoms with van der Waals surface area (Å²) in [6, 6.07) is 20.7. The molecule has 0 saturated heterocycles. The molecule has 0 N–H and O–H groups in total. The third kappa shape index (κ3) is 7.35. The van der Waals surface area contributed by atoms with Crippen LogP contribution in [0.15, 0.2) is 60.7 Å². The van der Waals surface area contributed by atoms with E-state index in [0.717, 1.165) is 90.5 Å². The van der Waals surface area contributed by atoms with E-state index in [4.69, 9.17) is 19.2 Å². The molecule has 0 saturated carbocycles. The van der Waals surface area contributed by atoms with Crippen LogP contribution in [0.3, 0.4) is 0 Å². The van der Waals surface area contributed by atoms with Crippen molar-refractivity contribution in [3.63, 3.8) is 0 Å². The maximum Gasteiger partial charge on any atom is 0.150 e. The quantitative estimate of drug-likeness (QED) is 0.144. The highest BCUT2D eigenvalue weighted by Crippen LogP contribution is 2.36. The predicted octanol–water partition coefficient (Wildman–Crippen LogP) is 9.78. The highest BCUT2D eigenvalue weighted by Gasteiger charge is 2.18. The minimum atomic E-state index is 0.502. The van der Waals surface area contributed by atoms with Gasteiger partial charge in [0.05, 0.1) is 18.7 Å². The van der Waals surface area contributed by atoms with Crippen molar-refractivity contribution in [1.29, 1.82) is 0 Å². The number of unbranched alkanes of at least 4 members (excludes halogenated alkanes) is 3. The van der Waals surface area contributed by atoms with Crippen molar-refractivity contribution >= 4 is 11.0 Å². The largest absolute Gasteiger partial charge is 0.493 e. The fourth-order valence-corrected chi connectivity index (χ4v) is 4.51. The van der Waals surface area contributed by atoms with E-state index in [1.807, 2.05) is 30.3 Å². The van der Waals surface area contributed by atoms with Gasteiger partial charge in [0.2, 0.25) is 0 Å². The maximum absolute atomic E-state index is 6.25. The van der Waals surface area contributed by atoms with Gasteiger partial charge >= 0.3 is 0 Å². The number of aryl methyl sites for hydroxylation is 1. The smallest absolute Gasteiger partial charge is 0.150 e. The van der Waals surface area contributed by atoms with Gasteiger partial charge in [0.1, 0.15) is 28.6 Å². The van der Waals surface area contributed by atoms with E-state index in [-0.39, 0.29) is 0 Å². The van der Waals surface area contributed by atoms with E-state index in [1.165, 1.54) is 5.56 Å². The summed E-state index contributed by atoms with van der Waals surface area (Å²) in [6.07, 6.45) is 6.40. The van der Waals surface area contributed by atoms with Crippen LogP contribution in [0.2, 0.25) is 0 Å². The van der Waals surface area contributed by atoms with Crippen LogP contribution < -0.4 is 14.2 Å². The van der Waals surface area contributed by atoms with Gasteiger partial charge < -0.3 is 18.8 Å². The summed E-state index contributed by atoms with van der Waals surface area (Å²) in [5.41, 5.74) is 4.31. The Kier molecular flexibility index (Phi) is 10.3. The molecule has 0 fully saturated rings. The van der Waals surface area contributed by atoms with Gasteiger partial charge in [-0.15, -0.1) is 0 Å². The third-order valence-corrected chi connectivity index (χ3v) is 6.94. The Morgan fingerprint density at radius 1 is 0.718 bits per heavy atom. The summed E-state index contributed by atoms with van der Waals surface area (Å²) in [5, 5.41) is 0. The lowest BCUT2D eigenvalue weighted by molar-refractivity contribution is 0.296. The van der Waals surface area contributed by atoms with Crippen LogP contribution in [0.25, 0.3) is 22.4 Å². The van der Waals surface area contributed by atoms with Gasteiger partial charge in [0, 0.05) is 24.2 Å². The Hall–Kier alpha value is -3.47. The van der Waals surface area contributed by atoms with E-state index in [9.17, 15) is 0 Å². The first-order valence-corrected chi connectivity index (χ1v) is 14.7. The molecule has 0 radical (unpaired) electrons. The molecular formula is C34H44N2O3. The van der Waals surface area contributed by atoms with Gasteiger partial charge in [-0.2, -0.15) is 0 Å². The lowest BCUT2D eigenvalue weighted by Crippen LogP contribution is -2.02. The minimum Gasteiger partial charge on any atom is -0.493 e. The summed E-state index contributed by atoms with van der Waals surface area (Å²) in [5.74, 6) is 4.74. The van der Waals surface area contributed by atoms with Crippen molar-refractivity contribution < 1.29 is 14.2 Å². The topological polar surface area (TPSA) is 45.5 Å². The zero-order chi connectivity index (χ0) is 27.6. The molecule has 0 aliphatic rings. The average molecular weight is 529 g/mol. The van der Waals surface area contributed by atoms with Crippen LogP contribution in [0.1, 0.15) is 84.6 Å². The maximum atomic E-state index is 6.25. The summed E-state index contributed by atoms with van der Waals surface area (Å²) in [6.45, 7) is 13.2. The molecule has 39 heavy (non-hydrogen) atoms. The van der Waals surface area contributed by atoms with Gasteiger partial charge in [0.25, 0.3) is 0 Å². The van der Waals surface area contributed by atoms with E-state index in [1.54, 1.807) is 0 Å². The number of benzene rings is 3. The predicted molar refractivity (Wildman–Crippen MR) is 161 cm³/mol. The van der Waals surface area contributed by atoms with Gasteiger partial charge in [-0.05, 0) is 67.1 Å². The van der Waals surface area contributed by atoms with Crippen LogP contribution in [-0.4, -0.2) is 22.8 Å². The third-order valence-electron chi connectivity index (χ3n) is 6.94. The summed E-state index contributed by atoms with van der Waals surface area (Å²) >= 11 is 0. The van der Waals surface area contributed by atoms with Crippen LogP contribution in [0.4, 0.5) is 0 Å². The number of hydrogen-bond acceptors (Lipinski definition) is 4. The molecule has 0 aliphatic heterocycles. The lowest BCUT2D eigenvalue weighted by Gasteiger charge is -2.13. The van der Waals surface area contributed by atoms with E-state index in [2.05, 4.69) is 69.5 Å². The van der Waals surface area contributed by atoms with Crippen LogP contribution >= 0.6 is 0 Å². The molecule has 4 rings (SSSR count). The first-order chi connectivity index (χ1) is 19.0. The zero-order valence-electron chi connectivity index (χ0n) is 24.3. The van der Waals surface area contributed by atoms with E-state index in [0.29, 0.717) is 19.1 Å². The lowest BCUT2D eigenvalue weighted by atomic mass is 10.0. The van der Waals surface area contributed by atoms with Crippen molar-refractivity contribution in [2.45, 2.75) is 85.6 Å². The molecule has 0 unspecified atom stereocenters. The average Bonchev–Trinajstić information content (AvgIpc) is 3.31. The molecule has 1 heterocycles. The van der Waals surface area contributed by atoms with Crippen molar-refractivity contribution in [2.24, 2.45) is 0 Å². The second-order valence-corrected chi connectivity index (χ2v) is 10.5. The normalized spacial score (nSPS) is 11.3. The first-order valence-electron chi connectivity index (χ1n) is 14.7. The Morgan fingerprint density at radius 3 is 1.95 bits per heavy atom. The summed E-state index contributed by atoms with van der Waals surface area (Å²) in [4.78, 5) is 5.13. The highest BCUT2D eigenvalue weighted by molar-refractivity contribution is 5.87. The number of nitrogens with zero attached hydrogens (tertiary/aromatic N) is 2. The number of hydrogen-bond donors (Lipinski definition) is 0. The number of rotatable bonds is 15. The first kappa shape index (κ1) is 28.5. The molecule has 208 valence electrons. The fraction of sp³-hybridized carbons (Fsp3) is 0.441. The van der Waals surface area contributed by atoms with Crippen LogP contribution in [-0.2, 0) is 6.54 Å². The molecule has 1 aromatic heterocycles. The number of imidazole rings is 1. The number of fused-ring (bicyclic) bond motifs is 1. The Balaban J connectivity index is 1.67. The molecule has 3 aromatic carbocycles. The zero-order valence-corrected chi connectivity index (χ0v) is 24.3. The SMILES string of the molecule is CCCCOc1cc(OCCCC)c2nc(-c3ccc(Oc4ccc(C(C)C)cc4)cc3)n(CCCC)c2c1. The molecular weight excluding hydrogens is 484 g/mol. The second kappa shape index (κ2) is 14.1. The van der Waals surface area contributed by atoms with Crippen molar-refractivity contribution in [3.8, 4) is 34.4 Å². The Labute approximate surface area is 234 Å². The standard InChI is InChI=1S/C34H44N2O3/c1-6-9-20-36-31-23-30(37-21-10-7-2)24-32(38-22-11-8-3)33(31)35-34(36)27-14-18-29(19-15-27)39-28-16-12-26(13-17-28)25(4)5/h12-19,23-25H,6-11,20-22H2,1-5H3. The van der Waals surface area contributed by atoms with Gasteiger partial charge in [-0.25, -0.2) is 4.98 Å². The Bertz CT molecular complexity index is 1310. The van der Waals surface area contributed by atoms with Crippen LogP contribution in [0, 0.1) is 0 Å². The van der Waals surface area contributed by atoms with E-state index < -0.39 is 0 Å². The van der Waals surface area contributed by atoms with Crippen molar-refractivity contribution in [2.75, 3.05) is 13.2 Å². The van der Waals surface area contributed by atoms with Gasteiger partial charge in [-0.1, -0.05) is 66.0 Å². The number of ether oxygens (including phenoxy) is 3. The number of aromatic nitrogens is 2. The molecule has 4 aromatic rings. The molecule has 5 nitrogen and oxygen atoms in total. The summed E-state index contributed by atoms with van der Waals surface area (Å²) in [7, 11) is 0. The molecule has 0 bridgehead atoms. The molecule has 0 spiro atoms. The molecule has 0 amide bonds. The van der Waals surface area contributed by atoms with Crippen molar-refractivity contribution in [3.05, 3.63) is 66.2 Å². The van der Waals surface area contributed by atoms with Gasteiger partial charge in [0.15, 0.2) is 5.75 Å². The summed E-state index contributed by atoms with van der Waals surface area (Å²) < 4.78 is 20.8. The van der Waals surface area contributed by atoms with E-state index >= 15 is 0 Å². The highest BCUT2D eigenvalue weighted by atomic mass is 16.5. The molecule has 0 atom stereocenters.